The highest BCUT2D eigenvalue weighted by atomic mass is 16.5. The molecule has 1 saturated heterocycles. The van der Waals surface area contributed by atoms with Gasteiger partial charge in [-0.2, -0.15) is 0 Å². The van der Waals surface area contributed by atoms with E-state index in [4.69, 9.17) is 10.5 Å². The van der Waals surface area contributed by atoms with Crippen LogP contribution >= 0.6 is 0 Å². The van der Waals surface area contributed by atoms with Gasteiger partial charge < -0.3 is 15.4 Å². The predicted molar refractivity (Wildman–Crippen MR) is 57.2 cm³/mol. The van der Waals surface area contributed by atoms with Crippen LogP contribution in [0.2, 0.25) is 0 Å². The van der Waals surface area contributed by atoms with E-state index in [1.54, 1.807) is 0 Å². The summed E-state index contributed by atoms with van der Waals surface area (Å²) in [5, 5.41) is 0. The maximum Gasteiger partial charge on any atom is 0.0805 e. The fourth-order valence-electron chi connectivity index (χ4n) is 2.65. The summed E-state index contributed by atoms with van der Waals surface area (Å²) in [5.74, 6) is 0.726. The predicted octanol–water partition coefficient (Wildman–Crippen LogP) is 0.836. The largest absolute Gasteiger partial charge is 0.377 e. The van der Waals surface area contributed by atoms with Gasteiger partial charge >= 0.3 is 0 Å². The van der Waals surface area contributed by atoms with Crippen LogP contribution < -0.4 is 5.73 Å². The van der Waals surface area contributed by atoms with Crippen LogP contribution in [0, 0.1) is 5.92 Å². The lowest BCUT2D eigenvalue weighted by atomic mass is 9.79. The van der Waals surface area contributed by atoms with Gasteiger partial charge in [-0.05, 0) is 44.7 Å². The number of ether oxygens (including phenoxy) is 1. The van der Waals surface area contributed by atoms with E-state index in [0.717, 1.165) is 19.0 Å². The molecule has 1 atom stereocenters. The van der Waals surface area contributed by atoms with Gasteiger partial charge in [0.1, 0.15) is 0 Å². The van der Waals surface area contributed by atoms with Crippen molar-refractivity contribution in [2.75, 3.05) is 33.3 Å². The van der Waals surface area contributed by atoms with Gasteiger partial charge in [0, 0.05) is 20.2 Å². The quantitative estimate of drug-likeness (QED) is 0.727. The number of nitrogens with zero attached hydrogens (tertiary/aromatic N) is 1. The molecule has 2 aliphatic rings. The molecule has 0 bridgehead atoms. The Morgan fingerprint density at radius 1 is 1.50 bits per heavy atom. The summed E-state index contributed by atoms with van der Waals surface area (Å²) in [6.07, 6.45) is 5.10. The fraction of sp³-hybridized carbons (Fsp3) is 1.00. The highest BCUT2D eigenvalue weighted by molar-refractivity contribution is 4.93. The van der Waals surface area contributed by atoms with E-state index in [1.165, 1.54) is 38.8 Å². The van der Waals surface area contributed by atoms with Gasteiger partial charge in [-0.3, -0.25) is 0 Å². The van der Waals surface area contributed by atoms with Gasteiger partial charge in [-0.25, -0.2) is 0 Å². The second-order valence-corrected chi connectivity index (χ2v) is 4.87. The summed E-state index contributed by atoms with van der Waals surface area (Å²) in [7, 11) is 1.86. The molecule has 2 fully saturated rings. The third-order valence-corrected chi connectivity index (χ3v) is 3.91. The summed E-state index contributed by atoms with van der Waals surface area (Å²) >= 11 is 0. The molecule has 0 aromatic carbocycles. The van der Waals surface area contributed by atoms with E-state index >= 15 is 0 Å². The maximum absolute atomic E-state index is 5.68. The normalized spacial score (nSPS) is 31.7. The highest BCUT2D eigenvalue weighted by Crippen LogP contribution is 2.36. The maximum atomic E-state index is 5.68. The Morgan fingerprint density at radius 3 is 2.71 bits per heavy atom. The van der Waals surface area contributed by atoms with E-state index in [-0.39, 0.29) is 5.60 Å². The van der Waals surface area contributed by atoms with Crippen molar-refractivity contribution in [3.63, 3.8) is 0 Å². The zero-order valence-electron chi connectivity index (χ0n) is 9.17. The molecule has 2 rings (SSSR count). The molecule has 0 spiro atoms. The van der Waals surface area contributed by atoms with Gasteiger partial charge in [0.2, 0.25) is 0 Å². The van der Waals surface area contributed by atoms with Crippen molar-refractivity contribution in [3.8, 4) is 0 Å². The topological polar surface area (TPSA) is 38.5 Å². The lowest BCUT2D eigenvalue weighted by Crippen LogP contribution is -2.49. The smallest absolute Gasteiger partial charge is 0.0805 e. The lowest BCUT2D eigenvalue weighted by molar-refractivity contribution is -0.0887. The molecular formula is C11H22N2O. The molecule has 0 aromatic rings. The number of rotatable bonds is 4. The molecule has 3 nitrogen and oxygen atoms in total. The second kappa shape index (κ2) is 4.17. The van der Waals surface area contributed by atoms with Crippen LogP contribution in [-0.4, -0.2) is 43.8 Å². The molecule has 14 heavy (non-hydrogen) atoms. The Kier molecular flexibility index (Phi) is 3.10. The number of hydrogen-bond acceptors (Lipinski definition) is 3. The minimum atomic E-state index is 0.198. The number of nitrogens with two attached hydrogens (primary N) is 1. The SMILES string of the molecule is COC1(CN2CCC(CN)C2)CCC1. The molecule has 1 aliphatic carbocycles. The van der Waals surface area contributed by atoms with Crippen LogP contribution in [0.4, 0.5) is 0 Å². The first-order valence-electron chi connectivity index (χ1n) is 5.75. The van der Waals surface area contributed by atoms with Crippen LogP contribution in [0.1, 0.15) is 25.7 Å². The average Bonchev–Trinajstić information content (AvgIpc) is 2.59. The zero-order chi connectivity index (χ0) is 10.0. The average molecular weight is 198 g/mol. The lowest BCUT2D eigenvalue weighted by Gasteiger charge is -2.43. The second-order valence-electron chi connectivity index (χ2n) is 4.87. The van der Waals surface area contributed by atoms with Gasteiger partial charge in [0.25, 0.3) is 0 Å². The Labute approximate surface area is 86.6 Å². The first-order valence-corrected chi connectivity index (χ1v) is 5.75. The van der Waals surface area contributed by atoms with Crippen molar-refractivity contribution >= 4 is 0 Å². The Balaban J connectivity index is 1.80. The minimum Gasteiger partial charge on any atom is -0.377 e. The third kappa shape index (κ3) is 1.95. The highest BCUT2D eigenvalue weighted by Gasteiger charge is 2.39. The van der Waals surface area contributed by atoms with E-state index in [0.29, 0.717) is 0 Å². The van der Waals surface area contributed by atoms with Gasteiger partial charge in [0.15, 0.2) is 0 Å². The van der Waals surface area contributed by atoms with Gasteiger partial charge in [-0.15, -0.1) is 0 Å². The summed E-state index contributed by atoms with van der Waals surface area (Å²) in [6, 6.07) is 0. The molecule has 0 radical (unpaired) electrons. The van der Waals surface area contributed by atoms with Crippen molar-refractivity contribution < 1.29 is 4.74 Å². The summed E-state index contributed by atoms with van der Waals surface area (Å²) in [5.41, 5.74) is 5.88. The molecule has 2 N–H and O–H groups in total. The summed E-state index contributed by atoms with van der Waals surface area (Å²) in [6.45, 7) is 4.37. The van der Waals surface area contributed by atoms with Crippen LogP contribution in [0.15, 0.2) is 0 Å². The van der Waals surface area contributed by atoms with Crippen molar-refractivity contribution in [2.24, 2.45) is 11.7 Å². The molecule has 82 valence electrons. The first-order chi connectivity index (χ1) is 6.78. The van der Waals surface area contributed by atoms with Crippen LogP contribution in [0.3, 0.4) is 0 Å². The molecule has 1 unspecified atom stereocenters. The summed E-state index contributed by atoms with van der Waals surface area (Å²) < 4.78 is 5.63. The molecule has 1 aliphatic heterocycles. The van der Waals surface area contributed by atoms with Crippen LogP contribution in [0.5, 0.6) is 0 Å². The number of hydrogen-bond donors (Lipinski definition) is 1. The molecule has 3 heteroatoms. The molecule has 0 amide bonds. The Morgan fingerprint density at radius 2 is 2.29 bits per heavy atom. The van der Waals surface area contributed by atoms with Crippen LogP contribution in [-0.2, 0) is 4.74 Å². The minimum absolute atomic E-state index is 0.198. The fourth-order valence-corrected chi connectivity index (χ4v) is 2.65. The molecular weight excluding hydrogens is 176 g/mol. The van der Waals surface area contributed by atoms with E-state index in [1.807, 2.05) is 7.11 Å². The Bertz CT molecular complexity index is 186. The zero-order valence-corrected chi connectivity index (χ0v) is 9.17. The first kappa shape index (κ1) is 10.4. The molecule has 1 saturated carbocycles. The van der Waals surface area contributed by atoms with Crippen molar-refractivity contribution in [1.82, 2.24) is 4.90 Å². The van der Waals surface area contributed by atoms with E-state index in [9.17, 15) is 0 Å². The van der Waals surface area contributed by atoms with Crippen molar-refractivity contribution in [3.05, 3.63) is 0 Å². The number of methoxy groups -OCH3 is 1. The molecule has 1 heterocycles. The monoisotopic (exact) mass is 198 g/mol. The Hall–Kier alpha value is -0.120. The van der Waals surface area contributed by atoms with E-state index in [2.05, 4.69) is 4.90 Å². The van der Waals surface area contributed by atoms with Gasteiger partial charge in [0.05, 0.1) is 5.60 Å². The van der Waals surface area contributed by atoms with Gasteiger partial charge in [-0.1, -0.05) is 0 Å². The summed E-state index contributed by atoms with van der Waals surface area (Å²) in [4.78, 5) is 2.53. The van der Waals surface area contributed by atoms with E-state index < -0.39 is 0 Å². The molecule has 0 aromatic heterocycles. The van der Waals surface area contributed by atoms with Crippen molar-refractivity contribution in [1.29, 1.82) is 0 Å². The third-order valence-electron chi connectivity index (χ3n) is 3.91. The van der Waals surface area contributed by atoms with Crippen LogP contribution in [0.25, 0.3) is 0 Å². The standard InChI is InChI=1S/C11H22N2O/c1-14-11(4-2-5-11)9-13-6-3-10(7-12)8-13/h10H,2-9,12H2,1H3. The number of likely N-dealkylation sites (tertiary alicyclic amines) is 1. The van der Waals surface area contributed by atoms with Crippen molar-refractivity contribution in [2.45, 2.75) is 31.3 Å².